The highest BCUT2D eigenvalue weighted by atomic mass is 19.4. The zero-order chi connectivity index (χ0) is 22.7. The summed E-state index contributed by atoms with van der Waals surface area (Å²) in [5, 5.41) is 12.5. The number of alkyl halides is 3. The number of hydrogen-bond acceptors (Lipinski definition) is 5. The van der Waals surface area contributed by atoms with Crippen LogP contribution < -0.4 is 10.2 Å². The first kappa shape index (κ1) is 21.6. The van der Waals surface area contributed by atoms with Crippen LogP contribution in [0.25, 0.3) is 10.9 Å². The predicted molar refractivity (Wildman–Crippen MR) is 113 cm³/mol. The molecule has 0 aliphatic carbocycles. The van der Waals surface area contributed by atoms with Crippen molar-refractivity contribution in [1.29, 1.82) is 5.26 Å². The summed E-state index contributed by atoms with van der Waals surface area (Å²) in [4.78, 5) is 22.5. The lowest BCUT2D eigenvalue weighted by Crippen LogP contribution is -2.39. The monoisotopic (exact) mass is 439 g/mol. The topological polar surface area (TPSA) is 81.9 Å². The van der Waals surface area contributed by atoms with E-state index < -0.39 is 11.9 Å². The minimum atomic E-state index is -4.49. The van der Waals surface area contributed by atoms with E-state index in [-0.39, 0.29) is 17.3 Å². The molecule has 9 heteroatoms. The third-order valence-corrected chi connectivity index (χ3v) is 5.60. The highest BCUT2D eigenvalue weighted by Crippen LogP contribution is 2.32. The fourth-order valence-electron chi connectivity index (χ4n) is 3.87. The molecule has 3 aromatic rings. The van der Waals surface area contributed by atoms with Gasteiger partial charge in [-0.2, -0.15) is 18.4 Å². The Labute approximate surface area is 182 Å². The number of amides is 1. The number of anilines is 1. The third kappa shape index (κ3) is 4.64. The van der Waals surface area contributed by atoms with Crippen molar-refractivity contribution in [3.63, 3.8) is 0 Å². The molecule has 1 amide bonds. The normalized spacial score (nSPS) is 14.9. The summed E-state index contributed by atoms with van der Waals surface area (Å²) in [7, 11) is 0. The Morgan fingerprint density at radius 3 is 2.69 bits per heavy atom. The summed E-state index contributed by atoms with van der Waals surface area (Å²) in [6, 6.07) is 12.5. The van der Waals surface area contributed by atoms with Gasteiger partial charge in [0, 0.05) is 36.8 Å². The summed E-state index contributed by atoms with van der Waals surface area (Å²) < 4.78 is 38.9. The number of carbonyl (C=O) groups is 1. The van der Waals surface area contributed by atoms with E-state index >= 15 is 0 Å². The maximum atomic E-state index is 13.0. The lowest BCUT2D eigenvalue weighted by molar-refractivity contribution is -0.140. The van der Waals surface area contributed by atoms with Crippen molar-refractivity contribution in [3.05, 3.63) is 65.5 Å². The van der Waals surface area contributed by atoms with Crippen LogP contribution in [0.5, 0.6) is 0 Å². The second-order valence-electron chi connectivity index (χ2n) is 7.73. The molecule has 3 heterocycles. The summed E-state index contributed by atoms with van der Waals surface area (Å²) in [5.74, 6) is 0.686. The fourth-order valence-corrected chi connectivity index (χ4v) is 3.87. The standard InChI is InChI=1S/C23H20F3N5O/c24-23(25,26)20-5-4-18-19(30-20)6-9-28-21(18)31-10-7-15(8-11-31)14-29-22(32)17-3-1-2-16(12-17)13-27/h1-6,9,12,15H,7-8,10-11,14H2,(H,29,32). The second kappa shape index (κ2) is 8.83. The van der Waals surface area contributed by atoms with E-state index in [4.69, 9.17) is 5.26 Å². The Balaban J connectivity index is 1.38. The summed E-state index contributed by atoms with van der Waals surface area (Å²) in [6.07, 6.45) is -1.39. The minimum absolute atomic E-state index is 0.216. The molecule has 0 atom stereocenters. The average Bonchev–Trinajstić information content (AvgIpc) is 2.81. The summed E-state index contributed by atoms with van der Waals surface area (Å²) in [6.45, 7) is 1.87. The van der Waals surface area contributed by atoms with E-state index in [0.717, 1.165) is 18.9 Å². The number of nitrogens with zero attached hydrogens (tertiary/aromatic N) is 4. The number of hydrogen-bond donors (Lipinski definition) is 1. The highest BCUT2D eigenvalue weighted by Gasteiger charge is 2.33. The number of carbonyl (C=O) groups excluding carboxylic acids is 1. The summed E-state index contributed by atoms with van der Waals surface area (Å²) >= 11 is 0. The van der Waals surface area contributed by atoms with E-state index in [1.807, 2.05) is 11.0 Å². The zero-order valence-electron chi connectivity index (χ0n) is 17.1. The number of piperidine rings is 1. The van der Waals surface area contributed by atoms with E-state index in [9.17, 15) is 18.0 Å². The molecule has 1 aliphatic rings. The Bertz CT molecular complexity index is 1180. The lowest BCUT2D eigenvalue weighted by Gasteiger charge is -2.33. The van der Waals surface area contributed by atoms with Gasteiger partial charge >= 0.3 is 6.18 Å². The van der Waals surface area contributed by atoms with Crippen LogP contribution in [0, 0.1) is 17.2 Å². The van der Waals surface area contributed by atoms with Gasteiger partial charge in [-0.05, 0) is 55.2 Å². The van der Waals surface area contributed by atoms with E-state index in [1.54, 1.807) is 24.3 Å². The van der Waals surface area contributed by atoms with Crippen LogP contribution >= 0.6 is 0 Å². The number of nitrogens with one attached hydrogen (secondary N) is 1. The maximum Gasteiger partial charge on any atom is 0.433 e. The minimum Gasteiger partial charge on any atom is -0.356 e. The van der Waals surface area contributed by atoms with E-state index in [1.165, 1.54) is 18.3 Å². The van der Waals surface area contributed by atoms with Crippen LogP contribution in [-0.4, -0.2) is 35.5 Å². The van der Waals surface area contributed by atoms with Gasteiger partial charge in [0.15, 0.2) is 0 Å². The first-order valence-corrected chi connectivity index (χ1v) is 10.2. The van der Waals surface area contributed by atoms with Crippen LogP contribution in [0.4, 0.5) is 19.0 Å². The number of benzene rings is 1. The largest absolute Gasteiger partial charge is 0.433 e. The van der Waals surface area contributed by atoms with Crippen LogP contribution in [0.3, 0.4) is 0 Å². The SMILES string of the molecule is N#Cc1cccc(C(=O)NCC2CCN(c3nccc4nc(C(F)(F)F)ccc34)CC2)c1. The number of pyridine rings is 2. The third-order valence-electron chi connectivity index (χ3n) is 5.60. The van der Waals surface area contributed by atoms with E-state index in [0.29, 0.717) is 42.0 Å². The van der Waals surface area contributed by atoms with Crippen molar-refractivity contribution in [3.8, 4) is 6.07 Å². The number of fused-ring (bicyclic) bond motifs is 1. The molecule has 0 radical (unpaired) electrons. The molecule has 4 rings (SSSR count). The van der Waals surface area contributed by atoms with Gasteiger partial charge < -0.3 is 10.2 Å². The van der Waals surface area contributed by atoms with Gasteiger partial charge in [0.2, 0.25) is 0 Å². The quantitative estimate of drug-likeness (QED) is 0.660. The highest BCUT2D eigenvalue weighted by molar-refractivity contribution is 5.94. The molecule has 1 saturated heterocycles. The van der Waals surface area contributed by atoms with Crippen molar-refractivity contribution in [2.45, 2.75) is 19.0 Å². The van der Waals surface area contributed by atoms with Gasteiger partial charge in [0.25, 0.3) is 5.91 Å². The Hall–Kier alpha value is -3.67. The number of nitriles is 1. The first-order valence-electron chi connectivity index (χ1n) is 10.2. The number of aromatic nitrogens is 2. The average molecular weight is 439 g/mol. The van der Waals surface area contributed by atoms with Gasteiger partial charge in [0.05, 0.1) is 17.1 Å². The van der Waals surface area contributed by atoms with Crippen molar-refractivity contribution >= 4 is 22.6 Å². The molecular weight excluding hydrogens is 419 g/mol. The van der Waals surface area contributed by atoms with E-state index in [2.05, 4.69) is 15.3 Å². The summed E-state index contributed by atoms with van der Waals surface area (Å²) in [5.41, 5.74) is 0.230. The van der Waals surface area contributed by atoms with Crippen LogP contribution in [-0.2, 0) is 6.18 Å². The first-order chi connectivity index (χ1) is 15.3. The molecule has 1 fully saturated rings. The zero-order valence-corrected chi connectivity index (χ0v) is 17.1. The molecule has 0 spiro atoms. The number of rotatable bonds is 4. The molecule has 0 saturated carbocycles. The molecule has 2 aromatic heterocycles. The number of halogens is 3. The molecule has 164 valence electrons. The Morgan fingerprint density at radius 1 is 1.19 bits per heavy atom. The molecule has 32 heavy (non-hydrogen) atoms. The van der Waals surface area contributed by atoms with Crippen molar-refractivity contribution in [1.82, 2.24) is 15.3 Å². The molecule has 1 aromatic carbocycles. The molecule has 0 bridgehead atoms. The molecule has 6 nitrogen and oxygen atoms in total. The van der Waals surface area contributed by atoms with Gasteiger partial charge in [0.1, 0.15) is 11.5 Å². The van der Waals surface area contributed by atoms with Gasteiger partial charge in [-0.1, -0.05) is 6.07 Å². The molecular formula is C23H20F3N5O. The fraction of sp³-hybridized carbons (Fsp3) is 0.304. The van der Waals surface area contributed by atoms with Gasteiger partial charge in [-0.15, -0.1) is 0 Å². The van der Waals surface area contributed by atoms with Crippen LogP contribution in [0.2, 0.25) is 0 Å². The van der Waals surface area contributed by atoms with Crippen molar-refractivity contribution in [2.24, 2.45) is 5.92 Å². The maximum absolute atomic E-state index is 13.0. The van der Waals surface area contributed by atoms with Crippen molar-refractivity contribution in [2.75, 3.05) is 24.5 Å². The van der Waals surface area contributed by atoms with Gasteiger partial charge in [-0.3, -0.25) is 4.79 Å². The molecule has 1 N–H and O–H groups in total. The molecule has 1 aliphatic heterocycles. The Morgan fingerprint density at radius 2 is 1.97 bits per heavy atom. The lowest BCUT2D eigenvalue weighted by atomic mass is 9.96. The van der Waals surface area contributed by atoms with Crippen LogP contribution in [0.15, 0.2) is 48.7 Å². The Kier molecular flexibility index (Phi) is 5.95. The molecule has 0 unspecified atom stereocenters. The van der Waals surface area contributed by atoms with Crippen molar-refractivity contribution < 1.29 is 18.0 Å². The van der Waals surface area contributed by atoms with Gasteiger partial charge in [-0.25, -0.2) is 9.97 Å². The smallest absolute Gasteiger partial charge is 0.356 e. The predicted octanol–water partition coefficient (Wildman–Crippen LogP) is 4.17. The van der Waals surface area contributed by atoms with Crippen LogP contribution in [0.1, 0.15) is 34.5 Å². The second-order valence-corrected chi connectivity index (χ2v) is 7.73.